The molecule has 1 saturated carbocycles. The maximum absolute atomic E-state index is 9.92. The molecule has 0 N–H and O–H groups in total. The lowest BCUT2D eigenvalue weighted by Gasteiger charge is -2.41. The molecule has 1 fully saturated rings. The predicted molar refractivity (Wildman–Crippen MR) is 96.8 cm³/mol. The van der Waals surface area contributed by atoms with E-state index in [9.17, 15) is 5.26 Å². The van der Waals surface area contributed by atoms with E-state index in [0.717, 1.165) is 36.3 Å². The van der Waals surface area contributed by atoms with Gasteiger partial charge in [0.05, 0.1) is 17.4 Å². The molecule has 0 saturated heterocycles. The van der Waals surface area contributed by atoms with Crippen LogP contribution < -0.4 is 9.80 Å². The fourth-order valence-electron chi connectivity index (χ4n) is 4.58. The van der Waals surface area contributed by atoms with Crippen molar-refractivity contribution in [3.8, 4) is 6.07 Å². The van der Waals surface area contributed by atoms with Gasteiger partial charge in [0.1, 0.15) is 17.5 Å². The summed E-state index contributed by atoms with van der Waals surface area (Å²) >= 11 is 0. The minimum atomic E-state index is 0.588. The van der Waals surface area contributed by atoms with Crippen LogP contribution in [0.25, 0.3) is 5.52 Å². The van der Waals surface area contributed by atoms with Crippen LogP contribution in [0.15, 0.2) is 12.3 Å². The summed E-state index contributed by atoms with van der Waals surface area (Å²) in [5.41, 5.74) is 4.22. The van der Waals surface area contributed by atoms with E-state index < -0.39 is 0 Å². The van der Waals surface area contributed by atoms with Gasteiger partial charge in [-0.1, -0.05) is 19.3 Å². The Balaban J connectivity index is 1.96. The van der Waals surface area contributed by atoms with Gasteiger partial charge in [0.25, 0.3) is 0 Å². The molecule has 3 heterocycles. The Morgan fingerprint density at radius 2 is 2.00 bits per heavy atom. The first-order chi connectivity index (χ1) is 11.7. The van der Waals surface area contributed by atoms with Gasteiger partial charge >= 0.3 is 0 Å². The molecule has 5 heteroatoms. The van der Waals surface area contributed by atoms with Gasteiger partial charge in [-0.25, -0.2) is 4.52 Å². The van der Waals surface area contributed by atoms with Gasteiger partial charge in [0.15, 0.2) is 0 Å². The van der Waals surface area contributed by atoms with Crippen LogP contribution in [0.2, 0.25) is 0 Å². The van der Waals surface area contributed by atoms with Gasteiger partial charge in [-0.3, -0.25) is 0 Å². The molecule has 4 rings (SSSR count). The van der Waals surface area contributed by atoms with Gasteiger partial charge in [-0.2, -0.15) is 10.4 Å². The van der Waals surface area contributed by atoms with Crippen LogP contribution in [0.3, 0.4) is 0 Å². The Morgan fingerprint density at radius 1 is 1.21 bits per heavy atom. The lowest BCUT2D eigenvalue weighted by atomic mass is 9.90. The van der Waals surface area contributed by atoms with Crippen molar-refractivity contribution in [2.75, 3.05) is 30.4 Å². The van der Waals surface area contributed by atoms with Gasteiger partial charge in [-0.15, -0.1) is 0 Å². The first kappa shape index (κ1) is 15.3. The minimum absolute atomic E-state index is 0.588. The van der Waals surface area contributed by atoms with E-state index in [1.807, 2.05) is 10.6 Å². The van der Waals surface area contributed by atoms with Crippen LogP contribution in [0.4, 0.5) is 11.5 Å². The van der Waals surface area contributed by atoms with Crippen LogP contribution in [0, 0.1) is 11.3 Å². The average Bonchev–Trinajstić information content (AvgIpc) is 3.08. The van der Waals surface area contributed by atoms with Gasteiger partial charge in [0.2, 0.25) is 0 Å². The SMILES string of the molecule is CN(C)c1c2c(c(C#N)c3ccnn13)N(C1CCCCC1)CCC2. The molecule has 0 bridgehead atoms. The van der Waals surface area contributed by atoms with E-state index in [2.05, 4.69) is 35.1 Å². The maximum atomic E-state index is 9.92. The summed E-state index contributed by atoms with van der Waals surface area (Å²) in [7, 11) is 4.14. The van der Waals surface area contributed by atoms with Crippen molar-refractivity contribution in [2.24, 2.45) is 0 Å². The molecule has 2 aromatic heterocycles. The number of hydrogen-bond acceptors (Lipinski definition) is 4. The van der Waals surface area contributed by atoms with Crippen LogP contribution in [0.5, 0.6) is 0 Å². The van der Waals surface area contributed by atoms with E-state index in [-0.39, 0.29) is 0 Å². The number of nitriles is 1. The lowest BCUT2D eigenvalue weighted by Crippen LogP contribution is -2.41. The second-order valence-corrected chi connectivity index (χ2v) is 7.25. The Kier molecular flexibility index (Phi) is 3.84. The third-order valence-corrected chi connectivity index (χ3v) is 5.56. The standard InChI is InChI=1S/C19H25N5/c1-22(2)19-15-9-6-12-23(14-7-4-3-5-8-14)18(15)16(13-20)17-10-11-21-24(17)19/h10-11,14H,3-9,12H2,1-2H3. The van der Waals surface area contributed by atoms with E-state index in [0.29, 0.717) is 6.04 Å². The van der Waals surface area contributed by atoms with Gasteiger partial charge < -0.3 is 9.80 Å². The molecule has 0 atom stereocenters. The van der Waals surface area contributed by atoms with Gasteiger partial charge in [-0.05, 0) is 31.7 Å². The molecular formula is C19H25N5. The molecule has 0 aromatic carbocycles. The second-order valence-electron chi connectivity index (χ2n) is 7.25. The highest BCUT2D eigenvalue weighted by Gasteiger charge is 2.32. The number of anilines is 2. The first-order valence-corrected chi connectivity index (χ1v) is 9.09. The smallest absolute Gasteiger partial charge is 0.135 e. The average molecular weight is 323 g/mol. The zero-order valence-corrected chi connectivity index (χ0v) is 14.6. The van der Waals surface area contributed by atoms with Crippen molar-refractivity contribution >= 4 is 17.0 Å². The normalized spacial score (nSPS) is 18.5. The fraction of sp³-hybridized carbons (Fsp3) is 0.579. The topological polar surface area (TPSA) is 47.6 Å². The van der Waals surface area contributed by atoms with E-state index >= 15 is 0 Å². The molecule has 0 amide bonds. The summed E-state index contributed by atoms with van der Waals surface area (Å²) in [4.78, 5) is 4.70. The number of aromatic nitrogens is 2. The molecule has 0 unspecified atom stereocenters. The molecule has 126 valence electrons. The fourth-order valence-corrected chi connectivity index (χ4v) is 4.58. The summed E-state index contributed by atoms with van der Waals surface area (Å²) < 4.78 is 1.95. The van der Waals surface area contributed by atoms with Crippen molar-refractivity contribution in [3.05, 3.63) is 23.4 Å². The quantitative estimate of drug-likeness (QED) is 0.850. The zero-order chi connectivity index (χ0) is 16.7. The van der Waals surface area contributed by atoms with Crippen LogP contribution >= 0.6 is 0 Å². The highest BCUT2D eigenvalue weighted by molar-refractivity contribution is 5.82. The molecule has 2 aromatic rings. The van der Waals surface area contributed by atoms with Crippen LogP contribution in [0.1, 0.15) is 49.7 Å². The van der Waals surface area contributed by atoms with Crippen LogP contribution in [-0.4, -0.2) is 36.3 Å². The number of nitrogens with zero attached hydrogens (tertiary/aromatic N) is 5. The largest absolute Gasteiger partial charge is 0.367 e. The van der Waals surface area contributed by atoms with Crippen molar-refractivity contribution in [1.29, 1.82) is 5.26 Å². The predicted octanol–water partition coefficient (Wildman–Crippen LogP) is 3.36. The minimum Gasteiger partial charge on any atom is -0.367 e. The molecule has 5 nitrogen and oxygen atoms in total. The van der Waals surface area contributed by atoms with E-state index in [1.165, 1.54) is 43.4 Å². The molecule has 0 spiro atoms. The Labute approximate surface area is 143 Å². The molecule has 1 aliphatic heterocycles. The van der Waals surface area contributed by atoms with Crippen molar-refractivity contribution in [1.82, 2.24) is 9.61 Å². The summed E-state index contributed by atoms with van der Waals surface area (Å²) in [6.07, 6.45) is 10.5. The summed E-state index contributed by atoms with van der Waals surface area (Å²) in [6.45, 7) is 1.07. The summed E-state index contributed by atoms with van der Waals surface area (Å²) in [5.74, 6) is 1.13. The van der Waals surface area contributed by atoms with E-state index in [4.69, 9.17) is 0 Å². The molecule has 24 heavy (non-hydrogen) atoms. The first-order valence-electron chi connectivity index (χ1n) is 9.09. The third kappa shape index (κ3) is 2.24. The van der Waals surface area contributed by atoms with Crippen molar-refractivity contribution < 1.29 is 0 Å². The Bertz CT molecular complexity index is 792. The third-order valence-electron chi connectivity index (χ3n) is 5.56. The zero-order valence-electron chi connectivity index (χ0n) is 14.6. The molecule has 0 radical (unpaired) electrons. The highest BCUT2D eigenvalue weighted by atomic mass is 15.3. The molecule has 2 aliphatic rings. The Morgan fingerprint density at radius 3 is 2.71 bits per heavy atom. The van der Waals surface area contributed by atoms with Crippen molar-refractivity contribution in [2.45, 2.75) is 51.0 Å². The van der Waals surface area contributed by atoms with Crippen molar-refractivity contribution in [3.63, 3.8) is 0 Å². The summed E-state index contributed by atoms with van der Waals surface area (Å²) in [5, 5.41) is 14.4. The number of pyridine rings is 1. The highest BCUT2D eigenvalue weighted by Crippen LogP contribution is 2.41. The Hall–Kier alpha value is -2.22. The van der Waals surface area contributed by atoms with Crippen LogP contribution in [-0.2, 0) is 6.42 Å². The molecule has 1 aliphatic carbocycles. The number of rotatable bonds is 2. The number of fused-ring (bicyclic) bond motifs is 2. The summed E-state index contributed by atoms with van der Waals surface area (Å²) in [6, 6.07) is 5.06. The maximum Gasteiger partial charge on any atom is 0.135 e. The second kappa shape index (κ2) is 6.01. The lowest BCUT2D eigenvalue weighted by molar-refractivity contribution is 0.407. The van der Waals surface area contributed by atoms with Gasteiger partial charge in [0, 0.05) is 32.2 Å². The number of hydrogen-bond donors (Lipinski definition) is 0. The molecular weight excluding hydrogens is 298 g/mol. The van der Waals surface area contributed by atoms with E-state index in [1.54, 1.807) is 6.20 Å². The monoisotopic (exact) mass is 323 g/mol.